The molecule has 0 radical (unpaired) electrons. The number of anilines is 1. The smallest absolute Gasteiger partial charge is 0.274 e. The number of rotatable bonds is 7. The highest BCUT2D eigenvalue weighted by atomic mass is 19.1. The van der Waals surface area contributed by atoms with Crippen LogP contribution in [-0.2, 0) is 11.3 Å². The lowest BCUT2D eigenvalue weighted by molar-refractivity contribution is 0.0843. The van der Waals surface area contributed by atoms with Crippen molar-refractivity contribution < 1.29 is 13.9 Å². The first kappa shape index (κ1) is 23.7. The van der Waals surface area contributed by atoms with Gasteiger partial charge < -0.3 is 14.4 Å². The van der Waals surface area contributed by atoms with E-state index in [1.165, 1.54) is 6.92 Å². The summed E-state index contributed by atoms with van der Waals surface area (Å²) in [6, 6.07) is 13.5. The summed E-state index contributed by atoms with van der Waals surface area (Å²) in [4.78, 5) is 24.7. The number of aromatic nitrogens is 4. The lowest BCUT2D eigenvalue weighted by atomic mass is 10.0. The third-order valence-corrected chi connectivity index (χ3v) is 7.41. The predicted molar refractivity (Wildman–Crippen MR) is 140 cm³/mol. The maximum Gasteiger partial charge on any atom is 0.274 e. The molecule has 9 heteroatoms. The average Bonchev–Trinajstić information content (AvgIpc) is 3.61. The Bertz CT molecular complexity index is 1480. The summed E-state index contributed by atoms with van der Waals surface area (Å²) in [6.07, 6.45) is 5.16. The molecule has 0 N–H and O–H groups in total. The van der Waals surface area contributed by atoms with E-state index in [1.54, 1.807) is 17.9 Å². The number of fused-ring (bicyclic) bond motifs is 3. The van der Waals surface area contributed by atoms with Crippen LogP contribution in [0.2, 0.25) is 0 Å². The van der Waals surface area contributed by atoms with Crippen LogP contribution in [0.15, 0.2) is 59.7 Å². The Morgan fingerprint density at radius 1 is 1.08 bits per heavy atom. The molecular formula is C28H30FN5O3. The third kappa shape index (κ3) is 4.17. The maximum absolute atomic E-state index is 13.7. The van der Waals surface area contributed by atoms with E-state index in [2.05, 4.69) is 14.9 Å². The number of alkyl halides is 1. The van der Waals surface area contributed by atoms with Crippen LogP contribution in [0.1, 0.15) is 37.8 Å². The van der Waals surface area contributed by atoms with Crippen LogP contribution in [0.5, 0.6) is 5.75 Å². The first-order valence-electron chi connectivity index (χ1n) is 12.8. The highest BCUT2D eigenvalue weighted by Gasteiger charge is 2.30. The molecular weight excluding hydrogens is 473 g/mol. The topological polar surface area (TPSA) is 74.4 Å². The Kier molecular flexibility index (Phi) is 6.16. The molecule has 0 spiro atoms. The van der Waals surface area contributed by atoms with E-state index < -0.39 is 6.36 Å². The second-order valence-electron chi connectivity index (χ2n) is 9.72. The molecule has 3 atom stereocenters. The number of hydrogen-bond donors (Lipinski definition) is 0. The molecule has 2 aliphatic heterocycles. The molecule has 1 fully saturated rings. The molecule has 4 heterocycles. The van der Waals surface area contributed by atoms with E-state index in [4.69, 9.17) is 9.47 Å². The molecule has 2 aromatic heterocycles. The summed E-state index contributed by atoms with van der Waals surface area (Å²) in [5.74, 6) is 1.21. The van der Waals surface area contributed by atoms with Gasteiger partial charge in [0.05, 0.1) is 29.6 Å². The van der Waals surface area contributed by atoms with Gasteiger partial charge in [-0.1, -0.05) is 24.3 Å². The lowest BCUT2D eigenvalue weighted by Gasteiger charge is -2.23. The summed E-state index contributed by atoms with van der Waals surface area (Å²) in [6.45, 7) is 3.54. The van der Waals surface area contributed by atoms with Gasteiger partial charge >= 0.3 is 0 Å². The van der Waals surface area contributed by atoms with Gasteiger partial charge in [-0.25, -0.2) is 19.0 Å². The van der Waals surface area contributed by atoms with Crippen molar-refractivity contribution in [2.45, 2.75) is 51.2 Å². The van der Waals surface area contributed by atoms with E-state index in [1.807, 2.05) is 53.5 Å². The first-order chi connectivity index (χ1) is 18.0. The van der Waals surface area contributed by atoms with Crippen LogP contribution in [0.25, 0.3) is 22.0 Å². The minimum absolute atomic E-state index is 0.0221. The van der Waals surface area contributed by atoms with Crippen LogP contribution in [0.4, 0.5) is 10.3 Å². The number of halogens is 1. The highest BCUT2D eigenvalue weighted by Crippen LogP contribution is 2.37. The van der Waals surface area contributed by atoms with E-state index in [0.29, 0.717) is 36.3 Å². The van der Waals surface area contributed by atoms with Crippen molar-refractivity contribution in [2.75, 3.05) is 25.2 Å². The zero-order valence-electron chi connectivity index (χ0n) is 21.0. The third-order valence-electron chi connectivity index (χ3n) is 7.41. The number of methoxy groups -OCH3 is 1. The van der Waals surface area contributed by atoms with Crippen LogP contribution >= 0.6 is 0 Å². The molecule has 8 nitrogen and oxygen atoms in total. The van der Waals surface area contributed by atoms with Crippen LogP contribution < -0.4 is 15.2 Å². The molecule has 37 heavy (non-hydrogen) atoms. The van der Waals surface area contributed by atoms with Crippen molar-refractivity contribution in [1.82, 2.24) is 19.3 Å². The second-order valence-corrected chi connectivity index (χ2v) is 9.72. The molecule has 0 amide bonds. The number of ether oxygens (including phenoxy) is 2. The predicted octanol–water partition coefficient (Wildman–Crippen LogP) is 4.56. The zero-order chi connectivity index (χ0) is 25.5. The fourth-order valence-electron chi connectivity index (χ4n) is 5.77. The van der Waals surface area contributed by atoms with Crippen molar-refractivity contribution in [3.8, 4) is 16.9 Å². The van der Waals surface area contributed by atoms with Gasteiger partial charge in [0.1, 0.15) is 5.75 Å². The Morgan fingerprint density at radius 2 is 1.89 bits per heavy atom. The molecule has 192 valence electrons. The number of benzene rings is 2. The van der Waals surface area contributed by atoms with Crippen LogP contribution in [0.3, 0.4) is 0 Å². The Balaban J connectivity index is 1.37. The van der Waals surface area contributed by atoms with Gasteiger partial charge in [-0.2, -0.15) is 0 Å². The van der Waals surface area contributed by atoms with Crippen molar-refractivity contribution in [3.63, 3.8) is 0 Å². The molecule has 6 rings (SSSR count). The molecule has 4 aromatic rings. The summed E-state index contributed by atoms with van der Waals surface area (Å²) in [5, 5.41) is 0.655. The van der Waals surface area contributed by atoms with Gasteiger partial charge in [0.15, 0.2) is 0 Å². The summed E-state index contributed by atoms with van der Waals surface area (Å²) >= 11 is 0. The minimum Gasteiger partial charge on any atom is -0.460 e. The van der Waals surface area contributed by atoms with E-state index in [0.717, 1.165) is 48.0 Å². The van der Waals surface area contributed by atoms with Gasteiger partial charge in [0, 0.05) is 50.6 Å². The van der Waals surface area contributed by atoms with Gasteiger partial charge in [-0.05, 0) is 43.0 Å². The summed E-state index contributed by atoms with van der Waals surface area (Å²) < 4.78 is 28.4. The fourth-order valence-corrected chi connectivity index (χ4v) is 5.77. The SMILES string of the molecule is COC[C@H]1CCCN1c1ncc(-c2ccc3c(=O)n4n(c3c2)[C@H](c2ccccc2OC(C)F)CC4)cn1. The van der Waals surface area contributed by atoms with Crippen molar-refractivity contribution in [2.24, 2.45) is 0 Å². The van der Waals surface area contributed by atoms with Gasteiger partial charge in [0.25, 0.3) is 5.56 Å². The minimum atomic E-state index is -1.42. The molecule has 0 saturated carbocycles. The largest absolute Gasteiger partial charge is 0.460 e. The van der Waals surface area contributed by atoms with Crippen molar-refractivity contribution in [3.05, 3.63) is 70.8 Å². The van der Waals surface area contributed by atoms with Crippen LogP contribution in [-0.4, -0.2) is 52.0 Å². The van der Waals surface area contributed by atoms with Crippen molar-refractivity contribution in [1.29, 1.82) is 0 Å². The van der Waals surface area contributed by atoms with E-state index in [9.17, 15) is 9.18 Å². The highest BCUT2D eigenvalue weighted by molar-refractivity contribution is 5.84. The van der Waals surface area contributed by atoms with Crippen LogP contribution in [0, 0.1) is 0 Å². The van der Waals surface area contributed by atoms with Crippen molar-refractivity contribution >= 4 is 16.9 Å². The van der Waals surface area contributed by atoms with Gasteiger partial charge in [-0.3, -0.25) is 9.48 Å². The monoisotopic (exact) mass is 503 g/mol. The standard InChI is InChI=1S/C28H30FN5O3/c1-18(29)37-26-8-4-3-7-22(26)24-11-13-33-27(35)23-10-9-19(14-25(23)34(24)33)20-15-30-28(31-16-20)32-12-5-6-21(32)17-36-2/h3-4,7-10,14-16,18,21,24H,5-6,11-13,17H2,1-2H3/t18?,21-,24+/m1/s1. The Morgan fingerprint density at radius 3 is 2.68 bits per heavy atom. The lowest BCUT2D eigenvalue weighted by Crippen LogP contribution is -2.34. The number of para-hydroxylation sites is 1. The first-order valence-corrected chi connectivity index (χ1v) is 12.8. The Labute approximate surface area is 214 Å². The molecule has 0 bridgehead atoms. The molecule has 1 saturated heterocycles. The van der Waals surface area contributed by atoms with E-state index in [-0.39, 0.29) is 11.6 Å². The van der Waals surface area contributed by atoms with E-state index >= 15 is 0 Å². The van der Waals surface area contributed by atoms with Gasteiger partial charge in [0.2, 0.25) is 12.3 Å². The molecule has 0 aliphatic carbocycles. The average molecular weight is 504 g/mol. The summed E-state index contributed by atoms with van der Waals surface area (Å²) in [5.41, 5.74) is 3.49. The normalized spacial score (nSPS) is 19.9. The summed E-state index contributed by atoms with van der Waals surface area (Å²) in [7, 11) is 1.72. The molecule has 2 aromatic carbocycles. The molecule has 1 unspecified atom stereocenters. The zero-order valence-corrected chi connectivity index (χ0v) is 21.0. The number of nitrogens with zero attached hydrogens (tertiary/aromatic N) is 5. The maximum atomic E-state index is 13.7. The Hall–Kier alpha value is -3.72. The fraction of sp³-hybridized carbons (Fsp3) is 0.393. The second kappa shape index (κ2) is 9.63. The quantitative estimate of drug-likeness (QED) is 0.368. The van der Waals surface area contributed by atoms with Gasteiger partial charge in [-0.15, -0.1) is 0 Å². The molecule has 2 aliphatic rings. The number of hydrogen-bond acceptors (Lipinski definition) is 6.